The second kappa shape index (κ2) is 5.33. The molecule has 106 valence electrons. The average Bonchev–Trinajstić information content (AvgIpc) is 3.21. The first-order chi connectivity index (χ1) is 8.95. The molecule has 1 saturated carbocycles. The second-order valence-electron chi connectivity index (χ2n) is 5.89. The standard InChI is InChI=1S/C14H25N5/c1-8(2)10(4)19(5)14-9(3)12(18-15)16-13(17-14)11-6-7-11/h8,10-11H,6-7,15H2,1-5H3,(H,16,17,18). The number of aromatic nitrogens is 2. The molecule has 5 nitrogen and oxygen atoms in total. The molecule has 1 atom stereocenters. The van der Waals surface area contributed by atoms with Gasteiger partial charge in [-0.25, -0.2) is 15.8 Å². The predicted octanol–water partition coefficient (Wildman–Crippen LogP) is 2.43. The molecule has 1 heterocycles. The molecular weight excluding hydrogens is 238 g/mol. The van der Waals surface area contributed by atoms with Crippen LogP contribution in [0.3, 0.4) is 0 Å². The third kappa shape index (κ3) is 2.81. The molecule has 1 aliphatic rings. The van der Waals surface area contributed by atoms with Gasteiger partial charge in [-0.3, -0.25) is 0 Å². The number of anilines is 2. The summed E-state index contributed by atoms with van der Waals surface area (Å²) in [6, 6.07) is 0.422. The van der Waals surface area contributed by atoms with Crippen molar-refractivity contribution in [3.05, 3.63) is 11.4 Å². The fourth-order valence-electron chi connectivity index (χ4n) is 2.17. The van der Waals surface area contributed by atoms with Gasteiger partial charge in [-0.2, -0.15) is 0 Å². The number of nitrogens with two attached hydrogens (primary N) is 1. The highest BCUT2D eigenvalue weighted by molar-refractivity contribution is 5.58. The van der Waals surface area contributed by atoms with Gasteiger partial charge in [0, 0.05) is 24.6 Å². The Balaban J connectivity index is 2.39. The highest BCUT2D eigenvalue weighted by Gasteiger charge is 2.29. The molecule has 1 unspecified atom stereocenters. The number of nitrogen functional groups attached to an aromatic ring is 1. The van der Waals surface area contributed by atoms with Gasteiger partial charge in [0.25, 0.3) is 0 Å². The van der Waals surface area contributed by atoms with E-state index in [1.807, 2.05) is 6.92 Å². The Morgan fingerprint density at radius 2 is 1.89 bits per heavy atom. The zero-order chi connectivity index (χ0) is 14.2. The van der Waals surface area contributed by atoms with Crippen LogP contribution in [0.5, 0.6) is 0 Å². The topological polar surface area (TPSA) is 67.1 Å². The molecular formula is C14H25N5. The van der Waals surface area contributed by atoms with Crippen molar-refractivity contribution in [1.82, 2.24) is 9.97 Å². The lowest BCUT2D eigenvalue weighted by atomic mass is 10.0. The lowest BCUT2D eigenvalue weighted by Crippen LogP contribution is -2.35. The lowest BCUT2D eigenvalue weighted by molar-refractivity contribution is 0.501. The van der Waals surface area contributed by atoms with Crippen molar-refractivity contribution in [2.24, 2.45) is 11.8 Å². The van der Waals surface area contributed by atoms with Crippen LogP contribution in [0.2, 0.25) is 0 Å². The quantitative estimate of drug-likeness (QED) is 0.631. The zero-order valence-electron chi connectivity index (χ0n) is 12.6. The fourth-order valence-corrected chi connectivity index (χ4v) is 2.17. The van der Waals surface area contributed by atoms with Crippen LogP contribution in [0, 0.1) is 12.8 Å². The van der Waals surface area contributed by atoms with Crippen LogP contribution in [0.1, 0.15) is 50.9 Å². The molecule has 0 saturated heterocycles. The number of nitrogens with one attached hydrogen (secondary N) is 1. The first-order valence-corrected chi connectivity index (χ1v) is 7.03. The van der Waals surface area contributed by atoms with Crippen molar-refractivity contribution in [2.45, 2.75) is 52.5 Å². The minimum absolute atomic E-state index is 0.422. The van der Waals surface area contributed by atoms with Crippen LogP contribution in [0.15, 0.2) is 0 Å². The Hall–Kier alpha value is -1.36. The lowest BCUT2D eigenvalue weighted by Gasteiger charge is -2.30. The van der Waals surface area contributed by atoms with Crippen LogP contribution in [-0.4, -0.2) is 23.1 Å². The fraction of sp³-hybridized carbons (Fsp3) is 0.714. The third-order valence-electron chi connectivity index (χ3n) is 4.13. The zero-order valence-corrected chi connectivity index (χ0v) is 12.6. The van der Waals surface area contributed by atoms with Crippen molar-refractivity contribution in [3.8, 4) is 0 Å². The Labute approximate surface area is 115 Å². The second-order valence-corrected chi connectivity index (χ2v) is 5.89. The molecule has 3 N–H and O–H groups in total. The van der Waals surface area contributed by atoms with Crippen molar-refractivity contribution in [1.29, 1.82) is 0 Å². The largest absolute Gasteiger partial charge is 0.356 e. The Morgan fingerprint density at radius 1 is 1.26 bits per heavy atom. The van der Waals surface area contributed by atoms with Crippen molar-refractivity contribution in [3.63, 3.8) is 0 Å². The summed E-state index contributed by atoms with van der Waals surface area (Å²) in [6.07, 6.45) is 2.38. The Kier molecular flexibility index (Phi) is 3.94. The number of rotatable bonds is 5. The molecule has 19 heavy (non-hydrogen) atoms. The van der Waals surface area contributed by atoms with Crippen LogP contribution >= 0.6 is 0 Å². The molecule has 5 heteroatoms. The molecule has 1 aromatic heterocycles. The van der Waals surface area contributed by atoms with Crippen LogP contribution in [0.25, 0.3) is 0 Å². The summed E-state index contributed by atoms with van der Waals surface area (Å²) in [6.45, 7) is 8.69. The molecule has 0 aliphatic heterocycles. The van der Waals surface area contributed by atoms with E-state index in [4.69, 9.17) is 10.8 Å². The molecule has 0 amide bonds. The van der Waals surface area contributed by atoms with Gasteiger partial charge in [-0.15, -0.1) is 0 Å². The van der Waals surface area contributed by atoms with E-state index in [2.05, 4.69) is 43.1 Å². The summed E-state index contributed by atoms with van der Waals surface area (Å²) in [5, 5.41) is 0. The van der Waals surface area contributed by atoms with E-state index in [1.165, 1.54) is 12.8 Å². The van der Waals surface area contributed by atoms with Gasteiger partial charge in [0.05, 0.1) is 0 Å². The maximum atomic E-state index is 5.59. The maximum absolute atomic E-state index is 5.59. The monoisotopic (exact) mass is 263 g/mol. The normalized spacial score (nSPS) is 16.6. The number of hydrogen-bond acceptors (Lipinski definition) is 5. The van der Waals surface area contributed by atoms with Gasteiger partial charge in [0.2, 0.25) is 0 Å². The van der Waals surface area contributed by atoms with E-state index < -0.39 is 0 Å². The SMILES string of the molecule is Cc1c(NN)nc(C2CC2)nc1N(C)C(C)C(C)C. The smallest absolute Gasteiger partial charge is 0.148 e. The molecule has 1 aromatic rings. The van der Waals surface area contributed by atoms with Gasteiger partial charge < -0.3 is 10.3 Å². The summed E-state index contributed by atoms with van der Waals surface area (Å²) in [5.74, 6) is 9.34. The number of nitrogens with zero attached hydrogens (tertiary/aromatic N) is 3. The van der Waals surface area contributed by atoms with Crippen LogP contribution in [-0.2, 0) is 0 Å². The molecule has 1 fully saturated rings. The van der Waals surface area contributed by atoms with E-state index in [0.29, 0.717) is 17.9 Å². The van der Waals surface area contributed by atoms with Gasteiger partial charge in [-0.1, -0.05) is 13.8 Å². The first kappa shape index (κ1) is 14.1. The highest BCUT2D eigenvalue weighted by Crippen LogP contribution is 2.40. The minimum Gasteiger partial charge on any atom is -0.356 e. The van der Waals surface area contributed by atoms with E-state index in [1.54, 1.807) is 0 Å². The average molecular weight is 263 g/mol. The number of hydrazine groups is 1. The van der Waals surface area contributed by atoms with Gasteiger partial charge in [0.1, 0.15) is 17.5 Å². The van der Waals surface area contributed by atoms with E-state index in [9.17, 15) is 0 Å². The van der Waals surface area contributed by atoms with Crippen LogP contribution in [0.4, 0.5) is 11.6 Å². The first-order valence-electron chi connectivity index (χ1n) is 7.03. The van der Waals surface area contributed by atoms with Gasteiger partial charge >= 0.3 is 0 Å². The molecule has 0 aromatic carbocycles. The van der Waals surface area contributed by atoms with Crippen LogP contribution < -0.4 is 16.2 Å². The van der Waals surface area contributed by atoms with Crippen molar-refractivity contribution < 1.29 is 0 Å². The minimum atomic E-state index is 0.422. The van der Waals surface area contributed by atoms with E-state index in [0.717, 1.165) is 23.0 Å². The highest BCUT2D eigenvalue weighted by atomic mass is 15.3. The third-order valence-corrected chi connectivity index (χ3v) is 4.13. The number of hydrogen-bond donors (Lipinski definition) is 2. The maximum Gasteiger partial charge on any atom is 0.148 e. The summed E-state index contributed by atoms with van der Waals surface area (Å²) in [5.41, 5.74) is 3.72. The Bertz CT molecular complexity index is 453. The molecule has 0 spiro atoms. The molecule has 1 aliphatic carbocycles. The molecule has 2 rings (SSSR count). The summed E-state index contributed by atoms with van der Waals surface area (Å²) in [7, 11) is 2.09. The summed E-state index contributed by atoms with van der Waals surface area (Å²) >= 11 is 0. The van der Waals surface area contributed by atoms with E-state index in [-0.39, 0.29) is 0 Å². The van der Waals surface area contributed by atoms with Gasteiger partial charge in [0.15, 0.2) is 0 Å². The van der Waals surface area contributed by atoms with Gasteiger partial charge in [-0.05, 0) is 32.6 Å². The van der Waals surface area contributed by atoms with E-state index >= 15 is 0 Å². The molecule has 0 bridgehead atoms. The summed E-state index contributed by atoms with van der Waals surface area (Å²) < 4.78 is 0. The Morgan fingerprint density at radius 3 is 2.37 bits per heavy atom. The van der Waals surface area contributed by atoms with Crippen molar-refractivity contribution in [2.75, 3.05) is 17.4 Å². The summed E-state index contributed by atoms with van der Waals surface area (Å²) in [4.78, 5) is 11.5. The predicted molar refractivity (Wildman–Crippen MR) is 79.3 cm³/mol. The molecule has 0 radical (unpaired) electrons. The van der Waals surface area contributed by atoms with Crippen molar-refractivity contribution >= 4 is 11.6 Å².